The van der Waals surface area contributed by atoms with E-state index in [0.717, 1.165) is 12.8 Å². The molecule has 5 heteroatoms. The van der Waals surface area contributed by atoms with E-state index in [9.17, 15) is 9.59 Å². The summed E-state index contributed by atoms with van der Waals surface area (Å²) in [5.41, 5.74) is 5.71. The minimum atomic E-state index is -0.601. The minimum Gasteiger partial charge on any atom is -0.368 e. The van der Waals surface area contributed by atoms with Crippen LogP contribution in [-0.2, 0) is 4.79 Å². The number of hydrogen-bond acceptors (Lipinski definition) is 3. The molecule has 1 rings (SSSR count). The number of hydrogen-bond donors (Lipinski definition) is 2. The van der Waals surface area contributed by atoms with E-state index in [1.54, 1.807) is 12.1 Å². The number of unbranched alkanes of at least 4 members (excludes halogenated alkanes) is 1. The molecule has 0 fully saturated rings. The van der Waals surface area contributed by atoms with Gasteiger partial charge < -0.3 is 11.1 Å². The highest BCUT2D eigenvalue weighted by atomic mass is 16.2. The van der Waals surface area contributed by atoms with Gasteiger partial charge in [0.05, 0.1) is 0 Å². The van der Waals surface area contributed by atoms with Crippen LogP contribution in [0, 0.1) is 0 Å². The number of carbonyl (C=O) groups is 2. The summed E-state index contributed by atoms with van der Waals surface area (Å²) in [7, 11) is 0. The third-order valence-electron chi connectivity index (χ3n) is 2.44. The van der Waals surface area contributed by atoms with Crippen molar-refractivity contribution >= 4 is 11.8 Å². The van der Waals surface area contributed by atoms with Gasteiger partial charge in [-0.15, -0.1) is 0 Å². The predicted molar refractivity (Wildman–Crippen MR) is 64.2 cm³/mol. The Balaban J connectivity index is 2.61. The lowest BCUT2D eigenvalue weighted by Crippen LogP contribution is -2.44. The lowest BCUT2D eigenvalue weighted by molar-refractivity contribution is -0.120. The fourth-order valence-electron chi connectivity index (χ4n) is 1.44. The molecular weight excluding hydrogens is 218 g/mol. The average Bonchev–Trinajstić information content (AvgIpc) is 2.35. The molecule has 0 aliphatic carbocycles. The summed E-state index contributed by atoms with van der Waals surface area (Å²) in [6.45, 7) is 2.02. The average molecular weight is 235 g/mol. The largest absolute Gasteiger partial charge is 0.368 e. The molecule has 3 N–H and O–H groups in total. The summed E-state index contributed by atoms with van der Waals surface area (Å²) in [5.74, 6) is -0.798. The highest BCUT2D eigenvalue weighted by Gasteiger charge is 2.17. The quantitative estimate of drug-likeness (QED) is 0.766. The number of amides is 2. The Morgan fingerprint density at radius 2 is 2.06 bits per heavy atom. The van der Waals surface area contributed by atoms with Crippen molar-refractivity contribution in [2.75, 3.05) is 0 Å². The first-order chi connectivity index (χ1) is 8.15. The molecule has 0 aliphatic heterocycles. The van der Waals surface area contributed by atoms with Crippen molar-refractivity contribution in [3.63, 3.8) is 0 Å². The third-order valence-corrected chi connectivity index (χ3v) is 2.44. The normalized spacial score (nSPS) is 11.8. The van der Waals surface area contributed by atoms with Gasteiger partial charge in [-0.25, -0.2) is 0 Å². The van der Waals surface area contributed by atoms with Crippen LogP contribution < -0.4 is 11.1 Å². The molecule has 0 radical (unpaired) electrons. The van der Waals surface area contributed by atoms with Crippen molar-refractivity contribution < 1.29 is 9.59 Å². The van der Waals surface area contributed by atoms with Crippen molar-refractivity contribution in [1.82, 2.24) is 10.3 Å². The van der Waals surface area contributed by atoms with Gasteiger partial charge in [0.1, 0.15) is 6.04 Å². The second-order valence-corrected chi connectivity index (χ2v) is 3.81. The molecule has 0 saturated carbocycles. The molecule has 1 atom stereocenters. The lowest BCUT2D eigenvalue weighted by atomic mass is 10.1. The zero-order valence-electron chi connectivity index (χ0n) is 9.85. The van der Waals surface area contributed by atoms with Crippen molar-refractivity contribution in [3.05, 3.63) is 30.1 Å². The van der Waals surface area contributed by atoms with Gasteiger partial charge in [-0.2, -0.15) is 0 Å². The lowest BCUT2D eigenvalue weighted by Gasteiger charge is -2.14. The fourth-order valence-corrected chi connectivity index (χ4v) is 1.44. The van der Waals surface area contributed by atoms with E-state index >= 15 is 0 Å². The first-order valence-electron chi connectivity index (χ1n) is 5.65. The highest BCUT2D eigenvalue weighted by molar-refractivity contribution is 5.97. The van der Waals surface area contributed by atoms with Crippen LogP contribution in [0.15, 0.2) is 24.5 Å². The molecule has 5 nitrogen and oxygen atoms in total. The van der Waals surface area contributed by atoms with Crippen LogP contribution in [0.4, 0.5) is 0 Å². The number of primary amides is 1. The SMILES string of the molecule is CCCC[C@H](NC(=O)c1ccncc1)C(N)=O. The van der Waals surface area contributed by atoms with Crippen molar-refractivity contribution in [2.45, 2.75) is 32.2 Å². The van der Waals surface area contributed by atoms with Crippen LogP contribution in [0.25, 0.3) is 0 Å². The monoisotopic (exact) mass is 235 g/mol. The molecule has 1 heterocycles. The molecule has 1 aromatic rings. The van der Waals surface area contributed by atoms with Gasteiger partial charge in [0, 0.05) is 18.0 Å². The second kappa shape index (κ2) is 6.62. The smallest absolute Gasteiger partial charge is 0.252 e. The zero-order valence-corrected chi connectivity index (χ0v) is 9.85. The van der Waals surface area contributed by atoms with E-state index < -0.39 is 11.9 Å². The van der Waals surface area contributed by atoms with Gasteiger partial charge in [0.2, 0.25) is 5.91 Å². The van der Waals surface area contributed by atoms with Gasteiger partial charge in [-0.05, 0) is 18.6 Å². The van der Waals surface area contributed by atoms with Crippen LogP contribution in [-0.4, -0.2) is 22.8 Å². The standard InChI is InChI=1S/C12H17N3O2/c1-2-3-4-10(11(13)16)15-12(17)9-5-7-14-8-6-9/h5-8,10H,2-4H2,1H3,(H2,13,16)(H,15,17)/t10-/m0/s1. The maximum atomic E-state index is 11.8. The van der Waals surface area contributed by atoms with Crippen molar-refractivity contribution in [3.8, 4) is 0 Å². The number of pyridine rings is 1. The molecule has 0 aliphatic rings. The maximum absolute atomic E-state index is 11.8. The Hall–Kier alpha value is -1.91. The summed E-state index contributed by atoms with van der Waals surface area (Å²) in [4.78, 5) is 26.8. The minimum absolute atomic E-state index is 0.299. The molecule has 0 aromatic carbocycles. The van der Waals surface area contributed by atoms with E-state index in [1.807, 2.05) is 6.92 Å². The topological polar surface area (TPSA) is 85.1 Å². The molecule has 0 saturated heterocycles. The van der Waals surface area contributed by atoms with E-state index in [0.29, 0.717) is 12.0 Å². The molecule has 92 valence electrons. The van der Waals surface area contributed by atoms with E-state index in [-0.39, 0.29) is 5.91 Å². The summed E-state index contributed by atoms with van der Waals surface area (Å²) < 4.78 is 0. The van der Waals surface area contributed by atoms with Gasteiger partial charge in [-0.1, -0.05) is 19.8 Å². The van der Waals surface area contributed by atoms with Crippen molar-refractivity contribution in [2.24, 2.45) is 5.73 Å². The van der Waals surface area contributed by atoms with Crippen LogP contribution >= 0.6 is 0 Å². The van der Waals surface area contributed by atoms with Gasteiger partial charge in [-0.3, -0.25) is 14.6 Å². The Labute approximate surface area is 100 Å². The number of nitrogens with zero attached hydrogens (tertiary/aromatic N) is 1. The summed E-state index contributed by atoms with van der Waals surface area (Å²) >= 11 is 0. The van der Waals surface area contributed by atoms with Gasteiger partial charge in [0.25, 0.3) is 5.91 Å². The Morgan fingerprint density at radius 1 is 1.41 bits per heavy atom. The Morgan fingerprint density at radius 3 is 2.59 bits per heavy atom. The van der Waals surface area contributed by atoms with Crippen LogP contribution in [0.3, 0.4) is 0 Å². The van der Waals surface area contributed by atoms with Gasteiger partial charge in [0.15, 0.2) is 0 Å². The maximum Gasteiger partial charge on any atom is 0.252 e. The molecule has 0 unspecified atom stereocenters. The van der Waals surface area contributed by atoms with Crippen LogP contribution in [0.5, 0.6) is 0 Å². The summed E-state index contributed by atoms with van der Waals surface area (Å²) in [5, 5.41) is 2.63. The fraction of sp³-hybridized carbons (Fsp3) is 0.417. The Bertz CT molecular complexity index is 379. The number of carbonyl (C=O) groups excluding carboxylic acids is 2. The van der Waals surface area contributed by atoms with Crippen molar-refractivity contribution in [1.29, 1.82) is 0 Å². The first kappa shape index (κ1) is 13.2. The van der Waals surface area contributed by atoms with E-state index in [4.69, 9.17) is 5.73 Å². The molecule has 1 aromatic heterocycles. The number of aromatic nitrogens is 1. The Kier molecular flexibility index (Phi) is 5.13. The first-order valence-corrected chi connectivity index (χ1v) is 5.65. The predicted octanol–water partition coefficient (Wildman–Crippen LogP) is 0.855. The molecule has 2 amide bonds. The molecule has 0 bridgehead atoms. The number of nitrogens with two attached hydrogens (primary N) is 1. The molecule has 17 heavy (non-hydrogen) atoms. The molecule has 0 spiro atoms. The van der Waals surface area contributed by atoms with Crippen LogP contribution in [0.1, 0.15) is 36.5 Å². The second-order valence-electron chi connectivity index (χ2n) is 3.81. The third kappa shape index (κ3) is 4.22. The summed E-state index contributed by atoms with van der Waals surface area (Å²) in [6.07, 6.45) is 5.43. The van der Waals surface area contributed by atoms with E-state index in [2.05, 4.69) is 10.3 Å². The van der Waals surface area contributed by atoms with Crippen LogP contribution in [0.2, 0.25) is 0 Å². The number of rotatable bonds is 6. The summed E-state index contributed by atoms with van der Waals surface area (Å²) in [6, 6.07) is 2.58. The highest BCUT2D eigenvalue weighted by Crippen LogP contribution is 2.03. The number of nitrogens with one attached hydrogen (secondary N) is 1. The molecular formula is C12H17N3O2. The van der Waals surface area contributed by atoms with E-state index in [1.165, 1.54) is 12.4 Å². The zero-order chi connectivity index (χ0) is 12.7. The van der Waals surface area contributed by atoms with Gasteiger partial charge >= 0.3 is 0 Å².